The molecule has 0 heterocycles. The maximum absolute atomic E-state index is 12.9. The molecule has 3 rings (SSSR count). The van der Waals surface area contributed by atoms with Crippen LogP contribution >= 0.6 is 12.2 Å². The third-order valence-corrected chi connectivity index (χ3v) is 5.99. The van der Waals surface area contributed by atoms with Crippen LogP contribution in [0.15, 0.2) is 29.1 Å². The van der Waals surface area contributed by atoms with Gasteiger partial charge >= 0.3 is 0 Å². The van der Waals surface area contributed by atoms with Crippen LogP contribution in [0.25, 0.3) is 11.1 Å². The molecule has 31 heavy (non-hydrogen) atoms. The Hall–Kier alpha value is -3.00. The van der Waals surface area contributed by atoms with Crippen molar-refractivity contribution in [2.45, 2.75) is 18.9 Å². The molecule has 7 nitrogen and oxygen atoms in total. The fourth-order valence-electron chi connectivity index (χ4n) is 3.95. The summed E-state index contributed by atoms with van der Waals surface area (Å²) in [5.41, 5.74) is 4.13. The molecule has 1 atom stereocenters. The zero-order valence-electron chi connectivity index (χ0n) is 18.8. The Bertz CT molecular complexity index is 1060. The van der Waals surface area contributed by atoms with E-state index in [-0.39, 0.29) is 11.5 Å². The zero-order chi connectivity index (χ0) is 22.7. The minimum Gasteiger partial charge on any atom is -0.493 e. The third-order valence-electron chi connectivity index (χ3n) is 5.51. The molecule has 1 aliphatic carbocycles. The first kappa shape index (κ1) is 22.7. The van der Waals surface area contributed by atoms with Gasteiger partial charge < -0.3 is 29.7 Å². The number of anilines is 1. The van der Waals surface area contributed by atoms with E-state index in [4.69, 9.17) is 26.4 Å². The number of hydrogen-bond acceptors (Lipinski definition) is 6. The summed E-state index contributed by atoms with van der Waals surface area (Å²) in [6, 6.07) is 7.27. The molecule has 0 aromatic heterocycles. The van der Waals surface area contributed by atoms with E-state index < -0.39 is 0 Å². The molecule has 0 amide bonds. The van der Waals surface area contributed by atoms with Gasteiger partial charge in [-0.05, 0) is 59.9 Å². The summed E-state index contributed by atoms with van der Waals surface area (Å²) in [6.07, 6.45) is 1.48. The SMILES string of the molecule is CNc1ccc2c(cc1=O)[C@@H](NC(=S)N(C)C)CCc1cc(OC)c(OC)c(OC)c1-2. The minimum absolute atomic E-state index is 0.0887. The van der Waals surface area contributed by atoms with E-state index >= 15 is 0 Å². The highest BCUT2D eigenvalue weighted by Gasteiger charge is 2.29. The second-order valence-electron chi connectivity index (χ2n) is 7.49. The fraction of sp³-hybridized carbons (Fsp3) is 0.391. The van der Waals surface area contributed by atoms with Crippen molar-refractivity contribution in [3.63, 3.8) is 0 Å². The molecule has 0 radical (unpaired) electrons. The number of ether oxygens (including phenoxy) is 3. The summed E-state index contributed by atoms with van der Waals surface area (Å²) in [4.78, 5) is 14.7. The number of aryl methyl sites for hydroxylation is 1. The molecule has 0 aliphatic heterocycles. The molecule has 0 saturated heterocycles. The normalized spacial score (nSPS) is 14.5. The Labute approximate surface area is 188 Å². The van der Waals surface area contributed by atoms with Gasteiger partial charge in [-0.15, -0.1) is 0 Å². The van der Waals surface area contributed by atoms with E-state index in [2.05, 4.69) is 10.6 Å². The van der Waals surface area contributed by atoms with E-state index in [1.807, 2.05) is 31.1 Å². The van der Waals surface area contributed by atoms with Gasteiger partial charge in [-0.2, -0.15) is 0 Å². The molecule has 0 saturated carbocycles. The molecule has 1 aliphatic rings. The molecular formula is C23H29N3O4S. The lowest BCUT2D eigenvalue weighted by atomic mass is 9.95. The predicted octanol–water partition coefficient (Wildman–Crippen LogP) is 3.20. The van der Waals surface area contributed by atoms with Crippen LogP contribution in [0.4, 0.5) is 5.69 Å². The van der Waals surface area contributed by atoms with Gasteiger partial charge in [0, 0.05) is 26.7 Å². The van der Waals surface area contributed by atoms with Crippen molar-refractivity contribution in [3.8, 4) is 28.4 Å². The third kappa shape index (κ3) is 4.25. The summed E-state index contributed by atoms with van der Waals surface area (Å²) in [5, 5.41) is 7.00. The average Bonchev–Trinajstić information content (AvgIpc) is 3.00. The van der Waals surface area contributed by atoms with Crippen LogP contribution < -0.4 is 30.3 Å². The van der Waals surface area contributed by atoms with Crippen LogP contribution in [0.5, 0.6) is 17.2 Å². The van der Waals surface area contributed by atoms with Gasteiger partial charge in [0.15, 0.2) is 16.6 Å². The van der Waals surface area contributed by atoms with Crippen LogP contribution in [0, 0.1) is 0 Å². The lowest BCUT2D eigenvalue weighted by molar-refractivity contribution is 0.324. The van der Waals surface area contributed by atoms with E-state index in [0.29, 0.717) is 28.0 Å². The number of fused-ring (bicyclic) bond motifs is 3. The highest BCUT2D eigenvalue weighted by atomic mass is 32.1. The highest BCUT2D eigenvalue weighted by molar-refractivity contribution is 7.80. The summed E-state index contributed by atoms with van der Waals surface area (Å²) in [5.74, 6) is 1.71. The number of thiocarbonyl (C=S) groups is 1. The van der Waals surface area contributed by atoms with Crippen LogP contribution in [0.3, 0.4) is 0 Å². The molecular weight excluding hydrogens is 414 g/mol. The van der Waals surface area contributed by atoms with Crippen LogP contribution in [0.1, 0.15) is 23.6 Å². The Morgan fingerprint density at radius 2 is 1.81 bits per heavy atom. The maximum atomic E-state index is 12.9. The summed E-state index contributed by atoms with van der Waals surface area (Å²) in [6.45, 7) is 0. The second kappa shape index (κ2) is 9.43. The second-order valence-corrected chi connectivity index (χ2v) is 7.88. The summed E-state index contributed by atoms with van der Waals surface area (Å²) >= 11 is 5.51. The number of rotatable bonds is 5. The number of hydrogen-bond donors (Lipinski definition) is 2. The first-order valence-corrected chi connectivity index (χ1v) is 10.4. The van der Waals surface area contributed by atoms with E-state index in [1.54, 1.807) is 40.5 Å². The zero-order valence-corrected chi connectivity index (χ0v) is 19.6. The molecule has 2 aromatic rings. The molecule has 0 fully saturated rings. The average molecular weight is 444 g/mol. The Kier molecular flexibility index (Phi) is 6.90. The Morgan fingerprint density at radius 3 is 2.39 bits per heavy atom. The largest absolute Gasteiger partial charge is 0.493 e. The van der Waals surface area contributed by atoms with Crippen LogP contribution in [-0.4, -0.2) is 52.5 Å². The van der Waals surface area contributed by atoms with E-state index in [0.717, 1.165) is 35.1 Å². The van der Waals surface area contributed by atoms with Crippen LogP contribution in [0.2, 0.25) is 0 Å². The van der Waals surface area contributed by atoms with Gasteiger partial charge in [0.05, 0.1) is 33.1 Å². The summed E-state index contributed by atoms with van der Waals surface area (Å²) < 4.78 is 17.0. The lowest BCUT2D eigenvalue weighted by Crippen LogP contribution is -2.37. The van der Waals surface area contributed by atoms with Crippen molar-refractivity contribution in [2.75, 3.05) is 47.8 Å². The molecule has 2 aromatic carbocycles. The van der Waals surface area contributed by atoms with Crippen molar-refractivity contribution in [3.05, 3.63) is 45.6 Å². The molecule has 166 valence electrons. The van der Waals surface area contributed by atoms with Crippen LogP contribution in [-0.2, 0) is 6.42 Å². The van der Waals surface area contributed by atoms with E-state index in [9.17, 15) is 4.79 Å². The van der Waals surface area contributed by atoms with Crippen molar-refractivity contribution in [2.24, 2.45) is 0 Å². The Morgan fingerprint density at radius 1 is 1.10 bits per heavy atom. The lowest BCUT2D eigenvalue weighted by Gasteiger charge is -2.23. The number of nitrogens with one attached hydrogen (secondary N) is 2. The van der Waals surface area contributed by atoms with Gasteiger partial charge in [0.25, 0.3) is 0 Å². The van der Waals surface area contributed by atoms with Gasteiger partial charge in [-0.3, -0.25) is 4.79 Å². The number of benzene rings is 1. The highest BCUT2D eigenvalue weighted by Crippen LogP contribution is 2.50. The first-order valence-electron chi connectivity index (χ1n) is 10.0. The van der Waals surface area contributed by atoms with Gasteiger partial charge in [-0.1, -0.05) is 6.07 Å². The van der Waals surface area contributed by atoms with Gasteiger partial charge in [-0.25, -0.2) is 0 Å². The van der Waals surface area contributed by atoms with Crippen molar-refractivity contribution >= 4 is 23.0 Å². The standard InChI is InChI=1S/C23H29N3O4S/c1-24-17-10-8-14-15(12-18(17)27)16(25-23(31)26(2)3)9-7-13-11-19(28-4)21(29-5)22(30-6)20(13)14/h8,10-12,16H,7,9H2,1-6H3,(H,24,27)(H,25,31)/t16-/m0/s1. The maximum Gasteiger partial charge on any atom is 0.203 e. The molecule has 0 spiro atoms. The molecule has 8 heteroatoms. The smallest absolute Gasteiger partial charge is 0.203 e. The first-order chi connectivity index (χ1) is 14.9. The monoisotopic (exact) mass is 443 g/mol. The predicted molar refractivity (Wildman–Crippen MR) is 128 cm³/mol. The molecule has 2 N–H and O–H groups in total. The summed E-state index contributed by atoms with van der Waals surface area (Å²) in [7, 11) is 10.3. The topological polar surface area (TPSA) is 72.1 Å². The number of methoxy groups -OCH3 is 3. The molecule has 0 unspecified atom stereocenters. The van der Waals surface area contributed by atoms with Crippen molar-refractivity contribution in [1.82, 2.24) is 10.2 Å². The van der Waals surface area contributed by atoms with Crippen molar-refractivity contribution < 1.29 is 14.2 Å². The van der Waals surface area contributed by atoms with E-state index in [1.165, 1.54) is 0 Å². The van der Waals surface area contributed by atoms with Gasteiger partial charge in [0.2, 0.25) is 11.2 Å². The quantitative estimate of drug-likeness (QED) is 0.683. The minimum atomic E-state index is -0.149. The van der Waals surface area contributed by atoms with Gasteiger partial charge in [0.1, 0.15) is 0 Å². The molecule has 0 bridgehead atoms. The Balaban J connectivity index is 2.36. The van der Waals surface area contributed by atoms with Crippen molar-refractivity contribution in [1.29, 1.82) is 0 Å². The number of nitrogens with zero attached hydrogens (tertiary/aromatic N) is 1. The fourth-order valence-corrected chi connectivity index (χ4v) is 4.09.